The van der Waals surface area contributed by atoms with E-state index in [4.69, 9.17) is 4.74 Å². The number of benzene rings is 2. The van der Waals surface area contributed by atoms with Crippen LogP contribution in [0.4, 0.5) is 4.39 Å². The summed E-state index contributed by atoms with van der Waals surface area (Å²) in [5.41, 5.74) is 0.774. The molecule has 0 saturated carbocycles. The van der Waals surface area contributed by atoms with Gasteiger partial charge in [0.1, 0.15) is 15.8 Å². The molecule has 0 bridgehead atoms. The number of carbonyl (C=O) groups is 2. The number of aryl methyl sites for hydroxylation is 1. The SMILES string of the molecule is Cc1ccc2c(=O)n(-c3ccc(CC(=O)CS(=O)(=O)c4cccs4)cc3F)cc(C(=O)NCCN3CCOCC3)c2c1. The highest BCUT2D eigenvalue weighted by Gasteiger charge is 2.22. The van der Waals surface area contributed by atoms with Crippen LogP contribution in [-0.2, 0) is 25.8 Å². The number of pyridine rings is 1. The van der Waals surface area contributed by atoms with Crippen LogP contribution in [0.1, 0.15) is 21.5 Å². The van der Waals surface area contributed by atoms with Crippen LogP contribution in [-0.4, -0.2) is 74.7 Å². The molecule has 0 unspecified atom stereocenters. The maximum Gasteiger partial charge on any atom is 0.263 e. The van der Waals surface area contributed by atoms with Crippen LogP contribution < -0.4 is 10.9 Å². The van der Waals surface area contributed by atoms with Gasteiger partial charge in [-0.15, -0.1) is 11.3 Å². The summed E-state index contributed by atoms with van der Waals surface area (Å²) in [4.78, 5) is 41.5. The first kappa shape index (κ1) is 29.8. The van der Waals surface area contributed by atoms with Crippen LogP contribution in [0.2, 0.25) is 0 Å². The number of rotatable bonds is 10. The van der Waals surface area contributed by atoms with Crippen LogP contribution in [0.5, 0.6) is 0 Å². The first-order valence-electron chi connectivity index (χ1n) is 13.4. The Morgan fingerprint density at radius 2 is 1.86 bits per heavy atom. The number of thiophene rings is 1. The molecule has 2 aromatic carbocycles. The number of carbonyl (C=O) groups excluding carboxylic acids is 2. The molecule has 1 N–H and O–H groups in total. The minimum Gasteiger partial charge on any atom is -0.379 e. The Bertz CT molecular complexity index is 1800. The van der Waals surface area contributed by atoms with Gasteiger partial charge >= 0.3 is 0 Å². The van der Waals surface area contributed by atoms with E-state index in [1.165, 1.54) is 24.4 Å². The number of ether oxygens (including phenoxy) is 1. The summed E-state index contributed by atoms with van der Waals surface area (Å²) in [6.07, 6.45) is 1.05. The van der Waals surface area contributed by atoms with Crippen molar-refractivity contribution < 1.29 is 27.1 Å². The molecule has 0 atom stereocenters. The van der Waals surface area contributed by atoms with Crippen LogP contribution in [0, 0.1) is 12.7 Å². The molecule has 0 aliphatic carbocycles. The Labute approximate surface area is 246 Å². The molecule has 2 aromatic heterocycles. The van der Waals surface area contributed by atoms with Gasteiger partial charge in [-0.05, 0) is 42.1 Å². The van der Waals surface area contributed by atoms with E-state index in [2.05, 4.69) is 10.2 Å². The number of aromatic nitrogens is 1. The van der Waals surface area contributed by atoms with Crippen molar-refractivity contribution in [3.05, 3.63) is 93.0 Å². The van der Waals surface area contributed by atoms with Crippen molar-refractivity contribution in [1.82, 2.24) is 14.8 Å². The third kappa shape index (κ3) is 6.67. The fraction of sp³-hybridized carbons (Fsp3) is 0.300. The third-order valence-corrected chi connectivity index (χ3v) is 10.2. The smallest absolute Gasteiger partial charge is 0.263 e. The second kappa shape index (κ2) is 12.7. The molecule has 0 spiro atoms. The third-order valence-electron chi connectivity index (χ3n) is 7.06. The van der Waals surface area contributed by atoms with E-state index >= 15 is 4.39 Å². The molecule has 1 amide bonds. The average Bonchev–Trinajstić information content (AvgIpc) is 3.50. The summed E-state index contributed by atoms with van der Waals surface area (Å²) in [5, 5.41) is 5.26. The standard InChI is InChI=1S/C30H30FN3O6S2/c1-20-4-6-23-24(15-20)25(29(36)32-8-9-33-10-12-40-13-11-33)18-34(30(23)37)27-7-5-21(17-26(27)31)16-22(35)19-42(38,39)28-3-2-14-41-28/h2-7,14-15,17-18H,8-13,16,19H2,1H3,(H,32,36). The number of hydrogen-bond acceptors (Lipinski definition) is 8. The molecule has 3 heterocycles. The van der Waals surface area contributed by atoms with E-state index < -0.39 is 32.7 Å². The molecule has 0 radical (unpaired) electrons. The highest BCUT2D eigenvalue weighted by Crippen LogP contribution is 2.22. The number of ketones is 1. The van der Waals surface area contributed by atoms with Gasteiger partial charge in [0.05, 0.1) is 24.5 Å². The van der Waals surface area contributed by atoms with Gasteiger partial charge in [0.25, 0.3) is 11.5 Å². The van der Waals surface area contributed by atoms with Crippen molar-refractivity contribution in [2.75, 3.05) is 45.1 Å². The van der Waals surface area contributed by atoms with Crippen molar-refractivity contribution >= 4 is 43.6 Å². The predicted molar refractivity (Wildman–Crippen MR) is 159 cm³/mol. The van der Waals surface area contributed by atoms with E-state index in [1.54, 1.807) is 29.6 Å². The number of nitrogens with zero attached hydrogens (tertiary/aromatic N) is 2. The topological polar surface area (TPSA) is 115 Å². The number of sulfone groups is 1. The molecule has 4 aromatic rings. The number of Topliss-reactive ketones (excluding diaryl/α,β-unsaturated/α-hetero) is 1. The number of halogens is 1. The molecular formula is C30H30FN3O6S2. The molecule has 9 nitrogen and oxygen atoms in total. The molecule has 12 heteroatoms. The minimum absolute atomic E-state index is 0.0905. The molecule has 220 valence electrons. The lowest BCUT2D eigenvalue weighted by Crippen LogP contribution is -2.41. The Kier molecular flexibility index (Phi) is 8.97. The van der Waals surface area contributed by atoms with Gasteiger partial charge in [0, 0.05) is 49.6 Å². The van der Waals surface area contributed by atoms with Gasteiger partial charge in [0.2, 0.25) is 0 Å². The second-order valence-electron chi connectivity index (χ2n) is 10.2. The Balaban J connectivity index is 1.40. The van der Waals surface area contributed by atoms with Crippen LogP contribution in [0.15, 0.2) is 69.1 Å². The largest absolute Gasteiger partial charge is 0.379 e. The fourth-order valence-corrected chi connectivity index (χ4v) is 7.25. The van der Waals surface area contributed by atoms with Crippen molar-refractivity contribution in [3.8, 4) is 5.69 Å². The zero-order chi connectivity index (χ0) is 29.9. The summed E-state index contributed by atoms with van der Waals surface area (Å²) in [6.45, 7) is 5.77. The number of fused-ring (bicyclic) bond motifs is 1. The lowest BCUT2D eigenvalue weighted by Gasteiger charge is -2.26. The number of amides is 1. The molecular weight excluding hydrogens is 581 g/mol. The minimum atomic E-state index is -3.77. The molecule has 1 aliphatic rings. The van der Waals surface area contributed by atoms with Crippen LogP contribution in [0.25, 0.3) is 16.5 Å². The van der Waals surface area contributed by atoms with Gasteiger partial charge in [-0.25, -0.2) is 12.8 Å². The predicted octanol–water partition coefficient (Wildman–Crippen LogP) is 3.15. The van der Waals surface area contributed by atoms with Crippen molar-refractivity contribution in [2.45, 2.75) is 17.6 Å². The zero-order valence-electron chi connectivity index (χ0n) is 23.0. The molecule has 1 fully saturated rings. The average molecular weight is 612 g/mol. The molecule has 5 rings (SSSR count). The lowest BCUT2D eigenvalue weighted by molar-refractivity contribution is -0.116. The zero-order valence-corrected chi connectivity index (χ0v) is 24.6. The Morgan fingerprint density at radius 1 is 1.07 bits per heavy atom. The Morgan fingerprint density at radius 3 is 2.57 bits per heavy atom. The quantitative estimate of drug-likeness (QED) is 0.293. The van der Waals surface area contributed by atoms with Crippen LogP contribution in [0.3, 0.4) is 0 Å². The normalized spacial score (nSPS) is 14.2. The van der Waals surface area contributed by atoms with Crippen molar-refractivity contribution in [3.63, 3.8) is 0 Å². The lowest BCUT2D eigenvalue weighted by atomic mass is 10.0. The number of nitrogens with one attached hydrogen (secondary N) is 1. The van der Waals surface area contributed by atoms with Gasteiger partial charge in [-0.2, -0.15) is 0 Å². The van der Waals surface area contributed by atoms with E-state index in [1.807, 2.05) is 6.92 Å². The van der Waals surface area contributed by atoms with Crippen molar-refractivity contribution in [1.29, 1.82) is 0 Å². The van der Waals surface area contributed by atoms with E-state index in [-0.39, 0.29) is 38.7 Å². The first-order valence-corrected chi connectivity index (χ1v) is 16.0. The molecule has 1 aliphatic heterocycles. The van der Waals surface area contributed by atoms with E-state index in [0.717, 1.165) is 40.6 Å². The molecule has 42 heavy (non-hydrogen) atoms. The van der Waals surface area contributed by atoms with Gasteiger partial charge in [-0.1, -0.05) is 29.8 Å². The highest BCUT2D eigenvalue weighted by molar-refractivity contribution is 7.94. The van der Waals surface area contributed by atoms with E-state index in [9.17, 15) is 22.8 Å². The fourth-order valence-electron chi connectivity index (χ4n) is 4.92. The van der Waals surface area contributed by atoms with Gasteiger partial charge in [-0.3, -0.25) is 23.9 Å². The Hall–Kier alpha value is -3.71. The monoisotopic (exact) mass is 611 g/mol. The molecule has 1 saturated heterocycles. The van der Waals surface area contributed by atoms with Gasteiger partial charge in [0.15, 0.2) is 15.6 Å². The second-order valence-corrected chi connectivity index (χ2v) is 13.3. The number of morpholine rings is 1. The summed E-state index contributed by atoms with van der Waals surface area (Å²) in [6, 6.07) is 12.1. The summed E-state index contributed by atoms with van der Waals surface area (Å²) in [7, 11) is -3.77. The summed E-state index contributed by atoms with van der Waals surface area (Å²) < 4.78 is 46.9. The summed E-state index contributed by atoms with van der Waals surface area (Å²) in [5.74, 6) is -2.44. The maximum absolute atomic E-state index is 15.4. The first-order chi connectivity index (χ1) is 20.1. The number of hydrogen-bond donors (Lipinski definition) is 1. The van der Waals surface area contributed by atoms with Crippen molar-refractivity contribution in [2.24, 2.45) is 0 Å². The summed E-state index contributed by atoms with van der Waals surface area (Å²) >= 11 is 1.03. The van der Waals surface area contributed by atoms with Crippen LogP contribution >= 0.6 is 11.3 Å². The van der Waals surface area contributed by atoms with E-state index in [0.29, 0.717) is 31.7 Å². The van der Waals surface area contributed by atoms with Gasteiger partial charge < -0.3 is 10.1 Å². The maximum atomic E-state index is 15.4. The highest BCUT2D eigenvalue weighted by atomic mass is 32.2.